The third-order valence-electron chi connectivity index (χ3n) is 4.77. The van der Waals surface area contributed by atoms with Gasteiger partial charge in [-0.15, -0.1) is 0 Å². The molecule has 1 aromatic heterocycles. The average Bonchev–Trinajstić information content (AvgIpc) is 3.14. The van der Waals surface area contributed by atoms with E-state index in [-0.39, 0.29) is 29.9 Å². The van der Waals surface area contributed by atoms with E-state index in [0.717, 1.165) is 50.0 Å². The second-order valence-electron chi connectivity index (χ2n) is 7.18. The summed E-state index contributed by atoms with van der Waals surface area (Å²) >= 11 is 0. The van der Waals surface area contributed by atoms with Gasteiger partial charge in [0.2, 0.25) is 11.8 Å². The van der Waals surface area contributed by atoms with Crippen LogP contribution in [-0.4, -0.2) is 40.6 Å². The van der Waals surface area contributed by atoms with Crippen molar-refractivity contribution in [1.29, 1.82) is 0 Å². The molecule has 1 fully saturated rings. The van der Waals surface area contributed by atoms with Crippen LogP contribution in [0.1, 0.15) is 56.7 Å². The van der Waals surface area contributed by atoms with Crippen molar-refractivity contribution in [2.75, 3.05) is 25.0 Å². The minimum atomic E-state index is -0.647. The summed E-state index contributed by atoms with van der Waals surface area (Å²) in [5, 5.41) is 6.44. The van der Waals surface area contributed by atoms with E-state index in [4.69, 9.17) is 4.52 Å². The topological polar surface area (TPSA) is 71.3 Å². The number of likely N-dealkylation sites (tertiary alicyclic amines) is 1. The van der Waals surface area contributed by atoms with E-state index in [0.29, 0.717) is 12.4 Å². The van der Waals surface area contributed by atoms with E-state index in [1.807, 2.05) is 13.8 Å². The van der Waals surface area contributed by atoms with Crippen LogP contribution >= 0.6 is 0 Å². The normalized spacial score (nSPS) is 16.0. The first kappa shape index (κ1) is 19.4. The smallest absolute Gasteiger partial charge is 0.229 e. The third-order valence-corrected chi connectivity index (χ3v) is 4.77. The van der Waals surface area contributed by atoms with Crippen LogP contribution in [0.4, 0.5) is 14.5 Å². The summed E-state index contributed by atoms with van der Waals surface area (Å²) in [4.78, 5) is 18.7. The van der Waals surface area contributed by atoms with Crippen LogP contribution in [0.5, 0.6) is 0 Å². The van der Waals surface area contributed by atoms with Gasteiger partial charge in [0, 0.05) is 30.9 Å². The number of aromatic nitrogens is 2. The Morgan fingerprint density at radius 2 is 2.07 bits per heavy atom. The average molecular weight is 378 g/mol. The van der Waals surface area contributed by atoms with Crippen LogP contribution in [-0.2, 0) is 4.79 Å². The molecule has 1 aliphatic heterocycles. The van der Waals surface area contributed by atoms with Gasteiger partial charge in [0.05, 0.1) is 5.69 Å². The molecule has 2 aromatic rings. The van der Waals surface area contributed by atoms with E-state index >= 15 is 0 Å². The molecule has 1 saturated heterocycles. The number of anilines is 1. The van der Waals surface area contributed by atoms with Crippen molar-refractivity contribution in [3.05, 3.63) is 41.5 Å². The lowest BCUT2D eigenvalue weighted by molar-refractivity contribution is -0.116. The number of piperidine rings is 1. The molecule has 8 heteroatoms. The summed E-state index contributed by atoms with van der Waals surface area (Å²) in [6.45, 7) is 6.27. The molecule has 3 rings (SSSR count). The fourth-order valence-corrected chi connectivity index (χ4v) is 3.12. The molecule has 0 aliphatic carbocycles. The Bertz CT molecular complexity index is 786. The number of benzene rings is 1. The second kappa shape index (κ2) is 8.56. The minimum absolute atomic E-state index is 0.129. The number of rotatable bonds is 6. The van der Waals surface area contributed by atoms with Gasteiger partial charge in [-0.05, 0) is 38.1 Å². The lowest BCUT2D eigenvalue weighted by Crippen LogP contribution is -2.35. The highest BCUT2D eigenvalue weighted by Gasteiger charge is 2.25. The molecule has 1 aliphatic rings. The van der Waals surface area contributed by atoms with Gasteiger partial charge in [-0.1, -0.05) is 19.0 Å². The van der Waals surface area contributed by atoms with Crippen molar-refractivity contribution in [2.24, 2.45) is 0 Å². The highest BCUT2D eigenvalue weighted by atomic mass is 19.1. The maximum Gasteiger partial charge on any atom is 0.229 e. The SMILES string of the molecule is CC(C)c1noc(C2CCN(CCC(=O)Nc3cc(F)ccc3F)CC2)n1. The van der Waals surface area contributed by atoms with Crippen LogP contribution in [0.15, 0.2) is 22.7 Å². The zero-order chi connectivity index (χ0) is 19.4. The predicted octanol–water partition coefficient (Wildman–Crippen LogP) is 3.68. The number of hydrogen-bond acceptors (Lipinski definition) is 5. The molecule has 0 unspecified atom stereocenters. The number of nitrogens with zero attached hydrogens (tertiary/aromatic N) is 3. The van der Waals surface area contributed by atoms with Crippen LogP contribution in [0.3, 0.4) is 0 Å². The molecular formula is C19H24F2N4O2. The summed E-state index contributed by atoms with van der Waals surface area (Å²) in [6.07, 6.45) is 2.00. The molecule has 0 radical (unpaired) electrons. The van der Waals surface area contributed by atoms with Gasteiger partial charge in [0.25, 0.3) is 0 Å². The van der Waals surface area contributed by atoms with E-state index < -0.39 is 11.6 Å². The Morgan fingerprint density at radius 1 is 1.33 bits per heavy atom. The van der Waals surface area contributed by atoms with Crippen LogP contribution < -0.4 is 5.32 Å². The molecule has 27 heavy (non-hydrogen) atoms. The zero-order valence-electron chi connectivity index (χ0n) is 15.5. The Balaban J connectivity index is 1.43. The first-order chi connectivity index (χ1) is 12.9. The number of halogens is 2. The molecule has 146 valence electrons. The fraction of sp³-hybridized carbons (Fsp3) is 0.526. The van der Waals surface area contributed by atoms with Gasteiger partial charge in [0.15, 0.2) is 5.82 Å². The summed E-state index contributed by atoms with van der Waals surface area (Å²) in [5.74, 6) is 0.341. The van der Waals surface area contributed by atoms with Gasteiger partial charge in [-0.2, -0.15) is 4.98 Å². The van der Waals surface area contributed by atoms with Gasteiger partial charge in [-0.3, -0.25) is 4.79 Å². The molecular weight excluding hydrogens is 354 g/mol. The Labute approximate surface area is 156 Å². The van der Waals surface area contributed by atoms with Crippen LogP contribution in [0, 0.1) is 11.6 Å². The summed E-state index contributed by atoms with van der Waals surface area (Å²) < 4.78 is 32.1. The van der Waals surface area contributed by atoms with E-state index in [1.54, 1.807) is 0 Å². The van der Waals surface area contributed by atoms with E-state index in [1.165, 1.54) is 0 Å². The first-order valence-corrected chi connectivity index (χ1v) is 9.23. The second-order valence-corrected chi connectivity index (χ2v) is 7.18. The molecule has 0 bridgehead atoms. The highest BCUT2D eigenvalue weighted by Crippen LogP contribution is 2.27. The molecule has 2 heterocycles. The highest BCUT2D eigenvalue weighted by molar-refractivity contribution is 5.90. The van der Waals surface area contributed by atoms with Gasteiger partial charge >= 0.3 is 0 Å². The maximum absolute atomic E-state index is 13.6. The number of carbonyl (C=O) groups excluding carboxylic acids is 1. The largest absolute Gasteiger partial charge is 0.339 e. The Hall–Kier alpha value is -2.35. The van der Waals surface area contributed by atoms with Crippen molar-refractivity contribution in [1.82, 2.24) is 15.0 Å². The van der Waals surface area contributed by atoms with Gasteiger partial charge in [0.1, 0.15) is 11.6 Å². The third kappa shape index (κ3) is 5.09. The number of hydrogen-bond donors (Lipinski definition) is 1. The molecule has 1 amide bonds. The summed E-state index contributed by atoms with van der Waals surface area (Å²) in [7, 11) is 0. The van der Waals surface area contributed by atoms with Gasteiger partial charge in [-0.25, -0.2) is 8.78 Å². The molecule has 6 nitrogen and oxygen atoms in total. The van der Waals surface area contributed by atoms with Crippen LogP contribution in [0.2, 0.25) is 0 Å². The lowest BCUT2D eigenvalue weighted by Gasteiger charge is -2.30. The quantitative estimate of drug-likeness (QED) is 0.830. The van der Waals surface area contributed by atoms with Crippen molar-refractivity contribution >= 4 is 11.6 Å². The Kier molecular flexibility index (Phi) is 6.15. The number of carbonyl (C=O) groups is 1. The zero-order valence-corrected chi connectivity index (χ0v) is 15.5. The Morgan fingerprint density at radius 3 is 2.74 bits per heavy atom. The van der Waals surface area contributed by atoms with Crippen molar-refractivity contribution in [3.8, 4) is 0 Å². The number of amides is 1. The monoisotopic (exact) mass is 378 g/mol. The minimum Gasteiger partial charge on any atom is -0.339 e. The first-order valence-electron chi connectivity index (χ1n) is 9.23. The van der Waals surface area contributed by atoms with Crippen molar-refractivity contribution < 1.29 is 18.1 Å². The summed E-state index contributed by atoms with van der Waals surface area (Å²) in [5.41, 5.74) is -0.129. The van der Waals surface area contributed by atoms with E-state index in [2.05, 4.69) is 20.4 Å². The molecule has 0 saturated carbocycles. The predicted molar refractivity (Wildman–Crippen MR) is 96.4 cm³/mol. The van der Waals surface area contributed by atoms with Gasteiger partial charge < -0.3 is 14.7 Å². The standard InChI is InChI=1S/C19H24F2N4O2/c1-12(2)18-23-19(27-24-18)13-5-8-25(9-6-13)10-7-17(26)22-16-11-14(20)3-4-15(16)21/h3-4,11-13H,5-10H2,1-2H3,(H,22,26). The van der Waals surface area contributed by atoms with Crippen LogP contribution in [0.25, 0.3) is 0 Å². The maximum atomic E-state index is 13.6. The summed E-state index contributed by atoms with van der Waals surface area (Å²) in [6, 6.07) is 3.00. The number of nitrogens with one attached hydrogen (secondary N) is 1. The molecule has 0 spiro atoms. The molecule has 0 atom stereocenters. The fourth-order valence-electron chi connectivity index (χ4n) is 3.12. The van der Waals surface area contributed by atoms with E-state index in [9.17, 15) is 13.6 Å². The van der Waals surface area contributed by atoms with Crippen molar-refractivity contribution in [2.45, 2.75) is 44.9 Å². The van der Waals surface area contributed by atoms with Crippen molar-refractivity contribution in [3.63, 3.8) is 0 Å². The molecule has 1 aromatic carbocycles. The lowest BCUT2D eigenvalue weighted by atomic mass is 9.96. The molecule has 1 N–H and O–H groups in total.